The minimum absolute atomic E-state index is 0.0777. The zero-order valence-electron chi connectivity index (χ0n) is 35.6. The van der Waals surface area contributed by atoms with Gasteiger partial charge in [-0.1, -0.05) is 0 Å². The Morgan fingerprint density at radius 3 is 1.57 bits per heavy atom. The highest BCUT2D eigenvalue weighted by Crippen LogP contribution is 2.15. The number of urea groups is 1. The number of esters is 3. The van der Waals surface area contributed by atoms with Gasteiger partial charge in [0.2, 0.25) is 5.91 Å². The molecule has 0 aliphatic carbocycles. The molecule has 324 valence electrons. The standard InChI is InChI=1S/C39H71N5O12/c1-29(16-18-40)41-20-22-51-24-26-53-28-27-52-25-23-50-21-17-32(45)42-19-12-11-13-30(34(47)55-38(5,6)7)43-36(49)44-31(35(48)56-39(8,9)10)14-15-33(46)54-37(2,3)4/h18,30-31,40H,11-17,19-28H2,1-10H3,(H,42,45)(H2,43,44,49)/t30-,31-/m0/s1. The second-order valence-electron chi connectivity index (χ2n) is 16.0. The van der Waals surface area contributed by atoms with Crippen molar-refractivity contribution >= 4 is 41.8 Å². The summed E-state index contributed by atoms with van der Waals surface area (Å²) >= 11 is 0. The van der Waals surface area contributed by atoms with E-state index in [0.29, 0.717) is 78.6 Å². The Morgan fingerprint density at radius 2 is 1.09 bits per heavy atom. The summed E-state index contributed by atoms with van der Waals surface area (Å²) < 4.78 is 38.1. The molecule has 4 N–H and O–H groups in total. The zero-order chi connectivity index (χ0) is 42.6. The quantitative estimate of drug-likeness (QED) is 0.0364. The van der Waals surface area contributed by atoms with Crippen LogP contribution in [0.15, 0.2) is 4.99 Å². The molecule has 17 nitrogen and oxygen atoms in total. The molecule has 0 aliphatic rings. The van der Waals surface area contributed by atoms with E-state index in [4.69, 9.17) is 38.6 Å². The van der Waals surface area contributed by atoms with Gasteiger partial charge in [0.15, 0.2) is 0 Å². The molecule has 0 saturated heterocycles. The summed E-state index contributed by atoms with van der Waals surface area (Å²) in [6.07, 6.45) is 3.02. The first-order valence-corrected chi connectivity index (χ1v) is 19.4. The van der Waals surface area contributed by atoms with Crippen LogP contribution >= 0.6 is 0 Å². The summed E-state index contributed by atoms with van der Waals surface area (Å²) in [6.45, 7) is 21.4. The molecular formula is C39H71N5O12. The van der Waals surface area contributed by atoms with Gasteiger partial charge in [0.1, 0.15) is 28.9 Å². The molecule has 0 rings (SSSR count). The highest BCUT2D eigenvalue weighted by Gasteiger charge is 2.31. The molecule has 0 bridgehead atoms. The van der Waals surface area contributed by atoms with Crippen LogP contribution in [0.3, 0.4) is 0 Å². The van der Waals surface area contributed by atoms with Crippen molar-refractivity contribution in [2.75, 3.05) is 65.9 Å². The third-order valence-corrected chi connectivity index (χ3v) is 6.90. The van der Waals surface area contributed by atoms with E-state index in [1.165, 1.54) is 6.21 Å². The van der Waals surface area contributed by atoms with Crippen molar-refractivity contribution in [3.8, 4) is 0 Å². The van der Waals surface area contributed by atoms with Gasteiger partial charge in [0, 0.05) is 37.7 Å². The first kappa shape index (κ1) is 52.3. The number of amides is 3. The van der Waals surface area contributed by atoms with Crippen LogP contribution in [0.25, 0.3) is 0 Å². The monoisotopic (exact) mass is 802 g/mol. The normalized spacial score (nSPS) is 13.3. The predicted octanol–water partition coefficient (Wildman–Crippen LogP) is 4.07. The maximum atomic E-state index is 13.1. The Labute approximate surface area is 333 Å². The highest BCUT2D eigenvalue weighted by molar-refractivity contribution is 5.92. The molecule has 2 atom stereocenters. The molecule has 0 unspecified atom stereocenters. The smallest absolute Gasteiger partial charge is 0.329 e. The van der Waals surface area contributed by atoms with Gasteiger partial charge in [-0.3, -0.25) is 14.6 Å². The molecular weight excluding hydrogens is 730 g/mol. The van der Waals surface area contributed by atoms with Gasteiger partial charge in [0.25, 0.3) is 0 Å². The Kier molecular flexibility index (Phi) is 26.8. The topological polar surface area (TPSA) is 222 Å². The van der Waals surface area contributed by atoms with Crippen LogP contribution in [0.4, 0.5) is 4.79 Å². The number of carbonyl (C=O) groups is 5. The maximum Gasteiger partial charge on any atom is 0.329 e. The molecule has 0 fully saturated rings. The van der Waals surface area contributed by atoms with Gasteiger partial charge >= 0.3 is 23.9 Å². The Bertz CT molecular complexity index is 1210. The lowest BCUT2D eigenvalue weighted by atomic mass is 10.1. The van der Waals surface area contributed by atoms with Gasteiger partial charge < -0.3 is 54.5 Å². The molecule has 0 spiro atoms. The largest absolute Gasteiger partial charge is 0.460 e. The maximum absolute atomic E-state index is 13.1. The summed E-state index contributed by atoms with van der Waals surface area (Å²) in [4.78, 5) is 68.0. The van der Waals surface area contributed by atoms with Gasteiger partial charge in [0.05, 0.1) is 59.4 Å². The number of ether oxygens (including phenoxy) is 7. The van der Waals surface area contributed by atoms with Crippen molar-refractivity contribution in [1.82, 2.24) is 16.0 Å². The van der Waals surface area contributed by atoms with Crippen molar-refractivity contribution < 1.29 is 57.1 Å². The van der Waals surface area contributed by atoms with Gasteiger partial charge in [-0.15, -0.1) is 0 Å². The van der Waals surface area contributed by atoms with Crippen molar-refractivity contribution in [2.45, 2.75) is 143 Å². The lowest BCUT2D eigenvalue weighted by molar-refractivity contribution is -0.159. The average Bonchev–Trinajstić information content (AvgIpc) is 3.05. The lowest BCUT2D eigenvalue weighted by Gasteiger charge is -2.27. The Hall–Kier alpha value is -3.67. The van der Waals surface area contributed by atoms with E-state index in [9.17, 15) is 24.0 Å². The summed E-state index contributed by atoms with van der Waals surface area (Å²) in [6, 6.07) is -3.04. The molecule has 0 aromatic heterocycles. The van der Waals surface area contributed by atoms with E-state index < -0.39 is 52.8 Å². The minimum atomic E-state index is -1.19. The number of rotatable bonds is 29. The number of aliphatic imine (C=N–C) groups is 1. The second-order valence-corrected chi connectivity index (χ2v) is 16.0. The van der Waals surface area contributed by atoms with E-state index in [-0.39, 0.29) is 38.2 Å². The summed E-state index contributed by atoms with van der Waals surface area (Å²) in [7, 11) is 0. The van der Waals surface area contributed by atoms with Crippen molar-refractivity contribution in [3.63, 3.8) is 0 Å². The third-order valence-electron chi connectivity index (χ3n) is 6.90. The van der Waals surface area contributed by atoms with Gasteiger partial charge in [-0.05, 0) is 94.9 Å². The van der Waals surface area contributed by atoms with Crippen molar-refractivity contribution in [1.29, 1.82) is 5.41 Å². The molecule has 0 radical (unpaired) electrons. The minimum Gasteiger partial charge on any atom is -0.460 e. The van der Waals surface area contributed by atoms with Crippen LogP contribution in [-0.4, -0.2) is 137 Å². The van der Waals surface area contributed by atoms with E-state index in [0.717, 1.165) is 5.71 Å². The second kappa shape index (κ2) is 28.7. The molecule has 17 heteroatoms. The SMILES string of the molecule is CC(CC=N)=NCCOCCOCCOCCOCCC(=O)NCCCC[C@H](NC(=O)N[C@@H](CCC(=O)OC(C)(C)C)C(=O)OC(C)(C)C)C(=O)OC(C)(C)C. The van der Waals surface area contributed by atoms with E-state index in [1.807, 2.05) is 6.92 Å². The van der Waals surface area contributed by atoms with Crippen LogP contribution in [0.1, 0.15) is 114 Å². The fourth-order valence-electron chi connectivity index (χ4n) is 4.49. The lowest BCUT2D eigenvalue weighted by Crippen LogP contribution is -2.53. The van der Waals surface area contributed by atoms with Crippen LogP contribution < -0.4 is 16.0 Å². The Morgan fingerprint density at radius 1 is 0.625 bits per heavy atom. The van der Waals surface area contributed by atoms with Crippen LogP contribution in [-0.2, 0) is 52.3 Å². The number of nitrogens with one attached hydrogen (secondary N) is 4. The number of hydrogen-bond acceptors (Lipinski definition) is 14. The Balaban J connectivity index is 4.56. The zero-order valence-corrected chi connectivity index (χ0v) is 35.6. The molecule has 0 aromatic rings. The van der Waals surface area contributed by atoms with E-state index >= 15 is 0 Å². The van der Waals surface area contributed by atoms with Gasteiger partial charge in [-0.25, -0.2) is 14.4 Å². The number of nitrogens with zero attached hydrogens (tertiary/aromatic N) is 1. The number of unbranched alkanes of at least 4 members (excludes halogenated alkanes) is 1. The summed E-state index contributed by atoms with van der Waals surface area (Å²) in [5, 5.41) is 15.0. The van der Waals surface area contributed by atoms with E-state index in [2.05, 4.69) is 20.9 Å². The third kappa shape index (κ3) is 32.6. The van der Waals surface area contributed by atoms with Crippen molar-refractivity contribution in [3.05, 3.63) is 0 Å². The molecule has 0 saturated carbocycles. The molecule has 0 aliphatic heterocycles. The van der Waals surface area contributed by atoms with E-state index in [1.54, 1.807) is 62.3 Å². The number of carbonyl (C=O) groups excluding carboxylic acids is 5. The first-order valence-electron chi connectivity index (χ1n) is 19.4. The average molecular weight is 802 g/mol. The van der Waals surface area contributed by atoms with Crippen LogP contribution in [0, 0.1) is 5.41 Å². The highest BCUT2D eigenvalue weighted by atomic mass is 16.6. The predicted molar refractivity (Wildman–Crippen MR) is 212 cm³/mol. The van der Waals surface area contributed by atoms with Crippen molar-refractivity contribution in [2.24, 2.45) is 4.99 Å². The fraction of sp³-hybridized carbons (Fsp3) is 0.821. The molecule has 56 heavy (non-hydrogen) atoms. The number of hydrogen-bond donors (Lipinski definition) is 4. The summed E-state index contributed by atoms with van der Waals surface area (Å²) in [5.41, 5.74) is -1.47. The van der Waals surface area contributed by atoms with Gasteiger partial charge in [-0.2, -0.15) is 0 Å². The molecule has 0 aromatic carbocycles. The summed E-state index contributed by atoms with van der Waals surface area (Å²) in [5.74, 6) is -2.10. The fourth-order valence-corrected chi connectivity index (χ4v) is 4.49. The van der Waals surface area contributed by atoms with Crippen LogP contribution in [0.5, 0.6) is 0 Å². The van der Waals surface area contributed by atoms with Crippen LogP contribution in [0.2, 0.25) is 0 Å². The first-order chi connectivity index (χ1) is 26.1. The molecule has 3 amide bonds. The molecule has 0 heterocycles.